The Labute approximate surface area is 371 Å². The molecule has 4 N–H and O–H groups in total. The Morgan fingerprint density at radius 2 is 0.934 bits per heavy atom. The van der Waals surface area contributed by atoms with Gasteiger partial charge >= 0.3 is 11.9 Å². The summed E-state index contributed by atoms with van der Waals surface area (Å²) < 4.78 is 22.2. The number of unbranched alkanes of at least 4 members (excludes halogenated alkanes) is 22. The van der Waals surface area contributed by atoms with E-state index in [1.165, 1.54) is 122 Å². The van der Waals surface area contributed by atoms with E-state index in [0.717, 1.165) is 44.9 Å². The zero-order valence-electron chi connectivity index (χ0n) is 38.7. The first-order valence-electron chi connectivity index (χ1n) is 24.7. The van der Waals surface area contributed by atoms with Crippen LogP contribution in [0.4, 0.5) is 0 Å². The van der Waals surface area contributed by atoms with Crippen molar-refractivity contribution in [1.29, 1.82) is 0 Å². The van der Waals surface area contributed by atoms with Gasteiger partial charge in [0.1, 0.15) is 31.0 Å². The average Bonchev–Trinajstić information content (AvgIpc) is 3.26. The zero-order chi connectivity index (χ0) is 44.4. The molecule has 0 amide bonds. The number of carbonyl (C=O) groups is 2. The van der Waals surface area contributed by atoms with Crippen LogP contribution in [0.25, 0.3) is 0 Å². The molecule has 61 heavy (non-hydrogen) atoms. The van der Waals surface area contributed by atoms with Gasteiger partial charge in [-0.05, 0) is 70.6 Å². The topological polar surface area (TPSA) is 152 Å². The van der Waals surface area contributed by atoms with Gasteiger partial charge in [0, 0.05) is 12.8 Å². The third-order valence-corrected chi connectivity index (χ3v) is 11.2. The first-order valence-corrected chi connectivity index (χ1v) is 24.7. The largest absolute Gasteiger partial charge is 0.462 e. The molecule has 2 unspecified atom stereocenters. The minimum atomic E-state index is -1.60. The number of ether oxygens (including phenoxy) is 4. The summed E-state index contributed by atoms with van der Waals surface area (Å²) in [5.41, 5.74) is 0. The highest BCUT2D eigenvalue weighted by atomic mass is 16.7. The lowest BCUT2D eigenvalue weighted by Gasteiger charge is -2.39. The maximum absolute atomic E-state index is 12.8. The minimum absolute atomic E-state index is 0.203. The number of carbonyl (C=O) groups excluding carboxylic acids is 2. The molecule has 6 atom stereocenters. The van der Waals surface area contributed by atoms with Crippen LogP contribution >= 0.6 is 0 Å². The van der Waals surface area contributed by atoms with Crippen LogP contribution in [0.5, 0.6) is 0 Å². The molecule has 1 aliphatic rings. The number of esters is 2. The molecule has 1 fully saturated rings. The molecule has 0 aromatic heterocycles. The van der Waals surface area contributed by atoms with Gasteiger partial charge in [-0.15, -0.1) is 0 Å². The number of hydrogen-bond donors (Lipinski definition) is 4. The molecule has 10 nitrogen and oxygen atoms in total. The van der Waals surface area contributed by atoms with Gasteiger partial charge in [-0.1, -0.05) is 172 Å². The number of allylic oxidation sites excluding steroid dienone is 8. The molecule has 10 heteroatoms. The monoisotopic (exact) mass is 863 g/mol. The third kappa shape index (κ3) is 32.9. The van der Waals surface area contributed by atoms with Crippen molar-refractivity contribution in [3.05, 3.63) is 48.6 Å². The molecule has 1 heterocycles. The average molecular weight is 863 g/mol. The smallest absolute Gasteiger partial charge is 0.306 e. The van der Waals surface area contributed by atoms with Crippen molar-refractivity contribution in [1.82, 2.24) is 0 Å². The van der Waals surface area contributed by atoms with Gasteiger partial charge in [-0.3, -0.25) is 9.59 Å². The Morgan fingerprint density at radius 3 is 1.44 bits per heavy atom. The van der Waals surface area contributed by atoms with E-state index in [4.69, 9.17) is 18.9 Å². The van der Waals surface area contributed by atoms with E-state index in [1.54, 1.807) is 0 Å². The predicted molar refractivity (Wildman–Crippen MR) is 247 cm³/mol. The third-order valence-electron chi connectivity index (χ3n) is 11.2. The van der Waals surface area contributed by atoms with Gasteiger partial charge in [-0.25, -0.2) is 0 Å². The highest BCUT2D eigenvalue weighted by molar-refractivity contribution is 5.70. The molecule has 0 aliphatic carbocycles. The molecule has 0 spiro atoms. The minimum Gasteiger partial charge on any atom is -0.462 e. The lowest BCUT2D eigenvalue weighted by Crippen LogP contribution is -2.59. The first kappa shape index (κ1) is 56.7. The molecule has 1 aliphatic heterocycles. The molecule has 0 aromatic carbocycles. The maximum atomic E-state index is 12.8. The summed E-state index contributed by atoms with van der Waals surface area (Å²) in [6.45, 7) is 3.37. The number of aliphatic hydroxyl groups is 4. The first-order chi connectivity index (χ1) is 29.8. The van der Waals surface area contributed by atoms with E-state index in [9.17, 15) is 30.0 Å². The SMILES string of the molecule is CCCCCCCC/C=C/C/C=C/C/C=C/CCCC(=O)OC[C@H](CO[C@@H]1O[C@H](CO)[C@H](O)C(O)C1O)OC(=O)CCCCCCCCCCC/C=C/CCCCCCCC. The van der Waals surface area contributed by atoms with Gasteiger partial charge < -0.3 is 39.4 Å². The standard InChI is InChI=1S/C51H90O10/c1-3-5-7-9-11-13-15-17-19-21-22-24-26-28-30-32-34-36-38-40-47(54)60-44(43-59-51-50(57)49(56)48(55)45(41-52)61-51)42-58-46(53)39-37-35-33-31-29-27-25-23-20-18-16-14-12-10-8-6-4-2/h17-20,25,27,31,33,44-45,48-52,55-57H,3-16,21-24,26,28-30,32,34-43H2,1-2H3/b19-17+,20-18+,27-25+,33-31+/t44-,45-,48+,49?,50?,51-/m1/s1. The van der Waals surface area contributed by atoms with Gasteiger partial charge in [0.2, 0.25) is 0 Å². The Hall–Kier alpha value is -2.34. The van der Waals surface area contributed by atoms with E-state index >= 15 is 0 Å². The fourth-order valence-corrected chi connectivity index (χ4v) is 7.26. The van der Waals surface area contributed by atoms with Crippen molar-refractivity contribution < 1.29 is 49.0 Å². The summed E-state index contributed by atoms with van der Waals surface area (Å²) in [6, 6.07) is 0. The van der Waals surface area contributed by atoms with Crippen molar-refractivity contribution in [2.45, 2.75) is 243 Å². The van der Waals surface area contributed by atoms with Crippen molar-refractivity contribution in [3.63, 3.8) is 0 Å². The molecule has 0 radical (unpaired) electrons. The van der Waals surface area contributed by atoms with Crippen LogP contribution in [-0.4, -0.2) is 89.0 Å². The fraction of sp³-hybridized carbons (Fsp3) is 0.804. The fourth-order valence-electron chi connectivity index (χ4n) is 7.26. The number of rotatable bonds is 41. The van der Waals surface area contributed by atoms with Gasteiger partial charge in [0.05, 0.1) is 13.2 Å². The van der Waals surface area contributed by atoms with Gasteiger partial charge in [0.15, 0.2) is 12.4 Å². The molecular weight excluding hydrogens is 773 g/mol. The summed E-state index contributed by atoms with van der Waals surface area (Å²) in [6.07, 6.45) is 42.6. The van der Waals surface area contributed by atoms with E-state index in [-0.39, 0.29) is 26.1 Å². The second-order valence-corrected chi connectivity index (χ2v) is 16.9. The predicted octanol–water partition coefficient (Wildman–Crippen LogP) is 11.2. The van der Waals surface area contributed by atoms with Crippen LogP contribution in [0.1, 0.15) is 206 Å². The van der Waals surface area contributed by atoms with Crippen LogP contribution in [0.2, 0.25) is 0 Å². The molecule has 0 bridgehead atoms. The highest BCUT2D eigenvalue weighted by Gasteiger charge is 2.44. The second kappa shape index (κ2) is 41.7. The summed E-state index contributed by atoms with van der Waals surface area (Å²) in [4.78, 5) is 25.4. The molecule has 354 valence electrons. The van der Waals surface area contributed by atoms with E-state index in [0.29, 0.717) is 12.8 Å². The zero-order valence-corrected chi connectivity index (χ0v) is 38.7. The van der Waals surface area contributed by atoms with Crippen LogP contribution in [0.3, 0.4) is 0 Å². The Kier molecular flexibility index (Phi) is 38.7. The Bertz CT molecular complexity index is 1130. The van der Waals surface area contributed by atoms with Gasteiger partial charge in [0.25, 0.3) is 0 Å². The van der Waals surface area contributed by atoms with Crippen LogP contribution in [0.15, 0.2) is 48.6 Å². The quantitative estimate of drug-likeness (QED) is 0.0265. The second-order valence-electron chi connectivity index (χ2n) is 16.9. The Balaban J connectivity index is 2.32. The van der Waals surface area contributed by atoms with Gasteiger partial charge in [-0.2, -0.15) is 0 Å². The summed E-state index contributed by atoms with van der Waals surface area (Å²) in [5.74, 6) is -0.867. The summed E-state index contributed by atoms with van der Waals surface area (Å²) in [7, 11) is 0. The maximum Gasteiger partial charge on any atom is 0.306 e. The molecular formula is C51H90O10. The molecule has 0 saturated carbocycles. The van der Waals surface area contributed by atoms with Crippen LogP contribution in [0, 0.1) is 0 Å². The van der Waals surface area contributed by atoms with Crippen molar-refractivity contribution >= 4 is 11.9 Å². The lowest BCUT2D eigenvalue weighted by molar-refractivity contribution is -0.305. The molecule has 1 rings (SSSR count). The number of hydrogen-bond acceptors (Lipinski definition) is 10. The van der Waals surface area contributed by atoms with E-state index in [2.05, 4.69) is 62.5 Å². The summed E-state index contributed by atoms with van der Waals surface area (Å²) in [5, 5.41) is 40.1. The molecule has 1 saturated heterocycles. The summed E-state index contributed by atoms with van der Waals surface area (Å²) >= 11 is 0. The van der Waals surface area contributed by atoms with Crippen LogP contribution in [-0.2, 0) is 28.5 Å². The highest BCUT2D eigenvalue weighted by Crippen LogP contribution is 2.23. The number of aliphatic hydroxyl groups excluding tert-OH is 4. The Morgan fingerprint density at radius 1 is 0.508 bits per heavy atom. The molecule has 0 aromatic rings. The lowest BCUT2D eigenvalue weighted by atomic mass is 9.99. The van der Waals surface area contributed by atoms with Crippen molar-refractivity contribution in [3.8, 4) is 0 Å². The van der Waals surface area contributed by atoms with E-state index < -0.39 is 55.4 Å². The normalized spacial score (nSPS) is 20.1. The van der Waals surface area contributed by atoms with Crippen molar-refractivity contribution in [2.75, 3.05) is 19.8 Å². The van der Waals surface area contributed by atoms with Crippen molar-refractivity contribution in [2.24, 2.45) is 0 Å². The van der Waals surface area contributed by atoms with Crippen LogP contribution < -0.4 is 0 Å². The van der Waals surface area contributed by atoms with E-state index in [1.807, 2.05) is 0 Å².